The number of nitrogens with zero attached hydrogens (tertiary/aromatic N) is 4. The zero-order valence-electron chi connectivity index (χ0n) is 17.8. The number of hydrogen-bond donors (Lipinski definition) is 3. The number of amides is 2. The van der Waals surface area contributed by atoms with E-state index >= 15 is 0 Å². The van der Waals surface area contributed by atoms with Crippen molar-refractivity contribution in [3.05, 3.63) is 69.3 Å². The lowest BCUT2D eigenvalue weighted by atomic mass is 10.0. The number of carbonyl (C=O) groups is 2. The molecule has 0 unspecified atom stereocenters. The Balaban J connectivity index is 1.87. The highest BCUT2D eigenvalue weighted by molar-refractivity contribution is 5.94. The topological polar surface area (TPSA) is 154 Å². The van der Waals surface area contributed by atoms with E-state index in [0.717, 1.165) is 0 Å². The molecule has 0 bridgehead atoms. The van der Waals surface area contributed by atoms with E-state index in [1.165, 1.54) is 57.0 Å². The van der Waals surface area contributed by atoms with Crippen molar-refractivity contribution in [1.82, 2.24) is 30.4 Å². The van der Waals surface area contributed by atoms with Crippen LogP contribution in [0.5, 0.6) is 5.75 Å². The lowest BCUT2D eigenvalue weighted by molar-refractivity contribution is 0.0774. The van der Waals surface area contributed by atoms with Crippen LogP contribution in [0.1, 0.15) is 52.3 Å². The Labute approximate surface area is 181 Å². The number of benzene rings is 1. The van der Waals surface area contributed by atoms with Crippen molar-refractivity contribution in [2.24, 2.45) is 0 Å². The van der Waals surface area contributed by atoms with Gasteiger partial charge in [0.05, 0.1) is 5.54 Å². The van der Waals surface area contributed by atoms with E-state index in [0.29, 0.717) is 5.56 Å². The van der Waals surface area contributed by atoms with Gasteiger partial charge in [-0.05, 0) is 31.5 Å². The van der Waals surface area contributed by atoms with Gasteiger partial charge in [0.15, 0.2) is 5.69 Å². The molecule has 2 aromatic heterocycles. The molecule has 12 heteroatoms. The highest BCUT2D eigenvalue weighted by atomic mass is 19.1. The predicted octanol–water partition coefficient (Wildman–Crippen LogP) is 1.24. The summed E-state index contributed by atoms with van der Waals surface area (Å²) in [7, 11) is 1.44. The summed E-state index contributed by atoms with van der Waals surface area (Å²) < 4.78 is 18.2. The molecule has 0 saturated heterocycles. The van der Waals surface area contributed by atoms with Crippen LogP contribution >= 0.6 is 0 Å². The lowest BCUT2D eigenvalue weighted by Gasteiger charge is -2.25. The van der Waals surface area contributed by atoms with Gasteiger partial charge in [-0.15, -0.1) is 10.2 Å². The van der Waals surface area contributed by atoms with Crippen LogP contribution < -0.4 is 10.9 Å². The maximum Gasteiger partial charge on any atom is 0.309 e. The average molecular weight is 444 g/mol. The Kier molecular flexibility index (Phi) is 6.05. The van der Waals surface area contributed by atoms with E-state index < -0.39 is 40.2 Å². The molecule has 3 aromatic rings. The minimum Gasteiger partial charge on any atom is -0.501 e. The summed E-state index contributed by atoms with van der Waals surface area (Å²) >= 11 is 0. The van der Waals surface area contributed by atoms with Crippen molar-refractivity contribution in [3.8, 4) is 5.75 Å². The second-order valence-corrected chi connectivity index (χ2v) is 7.60. The summed E-state index contributed by atoms with van der Waals surface area (Å²) in [4.78, 5) is 45.2. The molecule has 3 N–H and O–H groups in total. The van der Waals surface area contributed by atoms with E-state index in [1.807, 2.05) is 0 Å². The Morgan fingerprint density at radius 3 is 2.50 bits per heavy atom. The second kappa shape index (κ2) is 8.57. The number of nitrogens with one attached hydrogen (secondary N) is 2. The van der Waals surface area contributed by atoms with Crippen LogP contribution in [0.3, 0.4) is 0 Å². The van der Waals surface area contributed by atoms with Gasteiger partial charge in [-0.2, -0.15) is 0 Å². The number of hydrogen-bond acceptors (Lipinski definition) is 8. The summed E-state index contributed by atoms with van der Waals surface area (Å²) in [5.74, 6) is -2.90. The van der Waals surface area contributed by atoms with Crippen LogP contribution in [0.4, 0.5) is 4.39 Å². The molecule has 32 heavy (non-hydrogen) atoms. The third kappa shape index (κ3) is 4.79. The maximum atomic E-state index is 13.1. The van der Waals surface area contributed by atoms with Gasteiger partial charge >= 0.3 is 11.8 Å². The van der Waals surface area contributed by atoms with Crippen LogP contribution in [0, 0.1) is 12.7 Å². The Bertz CT molecular complexity index is 1220. The zero-order valence-corrected chi connectivity index (χ0v) is 17.8. The highest BCUT2D eigenvalue weighted by Crippen LogP contribution is 2.20. The molecule has 2 amide bonds. The first kappa shape index (κ1) is 22.6. The second-order valence-electron chi connectivity index (χ2n) is 7.60. The molecule has 0 fully saturated rings. The molecule has 0 aliphatic heterocycles. The van der Waals surface area contributed by atoms with Gasteiger partial charge in [0.25, 0.3) is 11.5 Å². The zero-order chi connectivity index (χ0) is 23.6. The van der Waals surface area contributed by atoms with Gasteiger partial charge in [0.2, 0.25) is 11.6 Å². The monoisotopic (exact) mass is 444 g/mol. The summed E-state index contributed by atoms with van der Waals surface area (Å²) in [6, 6.07) is 5.52. The van der Waals surface area contributed by atoms with Crippen LogP contribution in [0.15, 0.2) is 33.5 Å². The molecule has 0 aliphatic rings. The quantitative estimate of drug-likeness (QED) is 0.513. The van der Waals surface area contributed by atoms with Crippen molar-refractivity contribution >= 4 is 11.8 Å². The van der Waals surface area contributed by atoms with Gasteiger partial charge in [-0.1, -0.05) is 12.1 Å². The number of aromatic nitrogens is 4. The molecule has 1 aromatic carbocycles. The minimum atomic E-state index is -1.28. The summed E-state index contributed by atoms with van der Waals surface area (Å²) in [5.41, 5.74) is -2.10. The number of H-pyrrole nitrogens is 1. The molecule has 0 saturated carbocycles. The average Bonchev–Trinajstić information content (AvgIpc) is 3.17. The molecule has 0 spiro atoms. The number of carbonyl (C=O) groups excluding carboxylic acids is 2. The number of aromatic hydroxyl groups is 1. The number of halogens is 1. The lowest BCUT2D eigenvalue weighted by Crippen LogP contribution is -2.44. The van der Waals surface area contributed by atoms with Gasteiger partial charge in [0, 0.05) is 20.5 Å². The SMILES string of the molecule is Cc1nnc(C(=O)NC(C)(C)c2nc(C(=O)N(C)Cc3ccc(F)cc3)c(O)c(=O)[nH]2)o1. The third-order valence-electron chi connectivity index (χ3n) is 4.52. The highest BCUT2D eigenvalue weighted by Gasteiger charge is 2.31. The fourth-order valence-corrected chi connectivity index (χ4v) is 2.81. The molecule has 168 valence electrons. The standard InChI is InChI=1S/C20H21FN6O5/c1-10-25-26-17(32-10)16(30)24-20(2,3)19-22-13(14(28)15(29)23-19)18(31)27(4)9-11-5-7-12(21)8-6-11/h5-8,28H,9H2,1-4H3,(H,24,30)(H,22,23,29). The normalized spacial score (nSPS) is 11.3. The van der Waals surface area contributed by atoms with Crippen molar-refractivity contribution in [2.75, 3.05) is 7.05 Å². The fraction of sp³-hybridized carbons (Fsp3) is 0.300. The minimum absolute atomic E-state index is 0.0802. The molecule has 0 atom stereocenters. The summed E-state index contributed by atoms with van der Waals surface area (Å²) in [6.45, 7) is 4.66. The number of aryl methyl sites for hydroxylation is 1. The van der Waals surface area contributed by atoms with Crippen molar-refractivity contribution < 1.29 is 23.5 Å². The molecule has 11 nitrogen and oxygen atoms in total. The van der Waals surface area contributed by atoms with Crippen molar-refractivity contribution in [3.63, 3.8) is 0 Å². The summed E-state index contributed by atoms with van der Waals surface area (Å²) in [5, 5.41) is 19.9. The number of rotatable bonds is 6. The van der Waals surface area contributed by atoms with Crippen LogP contribution in [0.25, 0.3) is 0 Å². The Morgan fingerprint density at radius 1 is 1.25 bits per heavy atom. The molecule has 2 heterocycles. The Hall–Kier alpha value is -4.09. The maximum absolute atomic E-state index is 13.1. The summed E-state index contributed by atoms with van der Waals surface area (Å²) in [6.07, 6.45) is 0. The first-order valence-electron chi connectivity index (χ1n) is 9.44. The van der Waals surface area contributed by atoms with E-state index in [9.17, 15) is 23.9 Å². The van der Waals surface area contributed by atoms with Crippen molar-refractivity contribution in [1.29, 1.82) is 0 Å². The molecule has 3 rings (SSSR count). The van der Waals surface area contributed by atoms with Crippen LogP contribution in [0.2, 0.25) is 0 Å². The first-order chi connectivity index (χ1) is 15.0. The predicted molar refractivity (Wildman–Crippen MR) is 108 cm³/mol. The van der Waals surface area contributed by atoms with Crippen LogP contribution in [-0.4, -0.2) is 49.0 Å². The van der Waals surface area contributed by atoms with E-state index in [4.69, 9.17) is 4.42 Å². The van der Waals surface area contributed by atoms with E-state index in [2.05, 4.69) is 25.5 Å². The van der Waals surface area contributed by atoms with Gasteiger partial charge in [-0.25, -0.2) is 9.37 Å². The van der Waals surface area contributed by atoms with E-state index in [1.54, 1.807) is 0 Å². The van der Waals surface area contributed by atoms with Crippen molar-refractivity contribution in [2.45, 2.75) is 32.9 Å². The molecular weight excluding hydrogens is 423 g/mol. The smallest absolute Gasteiger partial charge is 0.309 e. The number of aromatic amines is 1. The van der Waals surface area contributed by atoms with Gasteiger partial charge in [-0.3, -0.25) is 14.4 Å². The van der Waals surface area contributed by atoms with Crippen LogP contribution in [-0.2, 0) is 12.1 Å². The fourth-order valence-electron chi connectivity index (χ4n) is 2.81. The third-order valence-corrected chi connectivity index (χ3v) is 4.52. The first-order valence-corrected chi connectivity index (χ1v) is 9.44. The Morgan fingerprint density at radius 2 is 1.91 bits per heavy atom. The van der Waals surface area contributed by atoms with Gasteiger partial charge in [0.1, 0.15) is 11.6 Å². The molecule has 0 radical (unpaired) electrons. The largest absolute Gasteiger partial charge is 0.501 e. The van der Waals surface area contributed by atoms with E-state index in [-0.39, 0.29) is 24.2 Å². The molecular formula is C20H21FN6O5. The van der Waals surface area contributed by atoms with Gasteiger partial charge < -0.3 is 24.7 Å². The molecule has 0 aliphatic carbocycles.